The summed E-state index contributed by atoms with van der Waals surface area (Å²) in [6.45, 7) is 12.3. The van der Waals surface area contributed by atoms with Gasteiger partial charge in [0.15, 0.2) is 0 Å². The van der Waals surface area contributed by atoms with Crippen molar-refractivity contribution < 1.29 is 4.74 Å². The van der Waals surface area contributed by atoms with Gasteiger partial charge in [0.05, 0.1) is 6.61 Å². The zero-order valence-electron chi connectivity index (χ0n) is 11.8. The van der Waals surface area contributed by atoms with Gasteiger partial charge < -0.3 is 4.74 Å². The van der Waals surface area contributed by atoms with Crippen LogP contribution in [0.4, 0.5) is 0 Å². The Labute approximate surface area is 106 Å². The zero-order chi connectivity index (χ0) is 12.5. The van der Waals surface area contributed by atoms with Gasteiger partial charge in [-0.05, 0) is 46.1 Å². The minimum atomic E-state index is -0.103. The molecule has 2 aliphatic rings. The molecule has 2 rings (SSSR count). The standard InChI is InChI=1S/C14H28N2O/c1-11(2)16-7-5-6-13(16)8-14(4)15-9-12(3)10-17-14/h11-13,15H,5-10H2,1-4H3. The molecule has 2 heterocycles. The van der Waals surface area contributed by atoms with Crippen molar-refractivity contribution in [1.29, 1.82) is 0 Å². The number of hydrogen-bond acceptors (Lipinski definition) is 3. The minimum absolute atomic E-state index is 0.103. The molecular formula is C14H28N2O. The van der Waals surface area contributed by atoms with Crippen LogP contribution in [-0.4, -0.2) is 42.4 Å². The molecule has 0 bridgehead atoms. The van der Waals surface area contributed by atoms with Gasteiger partial charge in [-0.2, -0.15) is 0 Å². The van der Waals surface area contributed by atoms with Crippen LogP contribution < -0.4 is 5.32 Å². The van der Waals surface area contributed by atoms with Gasteiger partial charge in [-0.25, -0.2) is 0 Å². The van der Waals surface area contributed by atoms with Gasteiger partial charge in [0.2, 0.25) is 0 Å². The summed E-state index contributed by atoms with van der Waals surface area (Å²) in [5.41, 5.74) is -0.103. The highest BCUT2D eigenvalue weighted by molar-refractivity contribution is 4.89. The highest BCUT2D eigenvalue weighted by Crippen LogP contribution is 2.29. The van der Waals surface area contributed by atoms with E-state index in [-0.39, 0.29) is 5.72 Å². The maximum Gasteiger partial charge on any atom is 0.117 e. The lowest BCUT2D eigenvalue weighted by molar-refractivity contribution is -0.115. The van der Waals surface area contributed by atoms with Crippen LogP contribution in [0.2, 0.25) is 0 Å². The van der Waals surface area contributed by atoms with Crippen LogP contribution in [0.1, 0.15) is 47.0 Å². The van der Waals surface area contributed by atoms with Gasteiger partial charge in [-0.1, -0.05) is 6.92 Å². The Morgan fingerprint density at radius 3 is 2.82 bits per heavy atom. The summed E-state index contributed by atoms with van der Waals surface area (Å²) in [4.78, 5) is 2.63. The third kappa shape index (κ3) is 3.21. The van der Waals surface area contributed by atoms with Gasteiger partial charge >= 0.3 is 0 Å². The fourth-order valence-electron chi connectivity index (χ4n) is 3.16. The molecule has 3 atom stereocenters. The quantitative estimate of drug-likeness (QED) is 0.818. The summed E-state index contributed by atoms with van der Waals surface area (Å²) in [7, 11) is 0. The van der Waals surface area contributed by atoms with E-state index >= 15 is 0 Å². The summed E-state index contributed by atoms with van der Waals surface area (Å²) >= 11 is 0. The third-order valence-electron chi connectivity index (χ3n) is 4.22. The zero-order valence-corrected chi connectivity index (χ0v) is 11.8. The van der Waals surface area contributed by atoms with Crippen LogP contribution in [0.3, 0.4) is 0 Å². The Hall–Kier alpha value is -0.120. The first kappa shape index (κ1) is 13.3. The van der Waals surface area contributed by atoms with Gasteiger partial charge in [-0.15, -0.1) is 0 Å². The Balaban J connectivity index is 1.91. The predicted octanol–water partition coefficient (Wildman–Crippen LogP) is 2.22. The summed E-state index contributed by atoms with van der Waals surface area (Å²) < 4.78 is 6.03. The first-order valence-corrected chi connectivity index (χ1v) is 7.15. The number of rotatable bonds is 3. The van der Waals surface area contributed by atoms with Gasteiger partial charge in [0, 0.05) is 25.0 Å². The molecule has 17 heavy (non-hydrogen) atoms. The lowest BCUT2D eigenvalue weighted by Gasteiger charge is -2.41. The normalized spacial score (nSPS) is 40.1. The molecule has 2 fully saturated rings. The van der Waals surface area contributed by atoms with Crippen LogP contribution in [0.5, 0.6) is 0 Å². The van der Waals surface area contributed by atoms with Crippen molar-refractivity contribution in [3.05, 3.63) is 0 Å². The van der Waals surface area contributed by atoms with E-state index in [4.69, 9.17) is 4.74 Å². The Morgan fingerprint density at radius 2 is 2.24 bits per heavy atom. The van der Waals surface area contributed by atoms with Gasteiger partial charge in [-0.3, -0.25) is 10.2 Å². The summed E-state index contributed by atoms with van der Waals surface area (Å²) in [6.07, 6.45) is 3.79. The molecule has 0 aliphatic carbocycles. The Morgan fingerprint density at radius 1 is 1.47 bits per heavy atom. The van der Waals surface area contributed by atoms with Crippen LogP contribution >= 0.6 is 0 Å². The molecule has 0 aromatic carbocycles. The molecule has 2 saturated heterocycles. The second-order valence-corrected chi connectivity index (χ2v) is 6.36. The van der Waals surface area contributed by atoms with E-state index in [0.717, 1.165) is 19.6 Å². The first-order valence-electron chi connectivity index (χ1n) is 7.15. The SMILES string of the molecule is CC1CNC(C)(CC2CCCN2C(C)C)OC1. The van der Waals surface area contributed by atoms with Gasteiger partial charge in [0.1, 0.15) is 5.72 Å². The minimum Gasteiger partial charge on any atom is -0.361 e. The lowest BCUT2D eigenvalue weighted by atomic mass is 9.99. The topological polar surface area (TPSA) is 24.5 Å². The third-order valence-corrected chi connectivity index (χ3v) is 4.22. The Bertz CT molecular complexity index is 247. The van der Waals surface area contributed by atoms with Crippen LogP contribution in [0, 0.1) is 5.92 Å². The van der Waals surface area contributed by atoms with E-state index in [1.54, 1.807) is 0 Å². The monoisotopic (exact) mass is 240 g/mol. The molecule has 1 N–H and O–H groups in total. The molecule has 0 amide bonds. The predicted molar refractivity (Wildman–Crippen MR) is 71.0 cm³/mol. The van der Waals surface area contributed by atoms with E-state index in [0.29, 0.717) is 18.0 Å². The molecule has 3 heteroatoms. The maximum atomic E-state index is 6.03. The number of nitrogens with one attached hydrogen (secondary N) is 1. The van der Waals surface area contributed by atoms with Crippen LogP contribution in [0.25, 0.3) is 0 Å². The summed E-state index contributed by atoms with van der Waals surface area (Å²) in [5, 5.41) is 3.58. The second-order valence-electron chi connectivity index (χ2n) is 6.36. The van der Waals surface area contributed by atoms with Crippen molar-refractivity contribution >= 4 is 0 Å². The molecule has 0 aromatic heterocycles. The van der Waals surface area contributed by atoms with Crippen molar-refractivity contribution in [2.75, 3.05) is 19.7 Å². The highest BCUT2D eigenvalue weighted by atomic mass is 16.5. The first-order chi connectivity index (χ1) is 8.00. The molecule has 100 valence electrons. The molecule has 2 aliphatic heterocycles. The molecule has 0 radical (unpaired) electrons. The fraction of sp³-hybridized carbons (Fsp3) is 1.00. The van der Waals surface area contributed by atoms with Gasteiger partial charge in [0.25, 0.3) is 0 Å². The average Bonchev–Trinajstić information content (AvgIpc) is 2.71. The molecule has 0 spiro atoms. The largest absolute Gasteiger partial charge is 0.361 e. The average molecular weight is 240 g/mol. The molecular weight excluding hydrogens is 212 g/mol. The van der Waals surface area contributed by atoms with Crippen molar-refractivity contribution in [1.82, 2.24) is 10.2 Å². The smallest absolute Gasteiger partial charge is 0.117 e. The molecule has 0 saturated carbocycles. The second kappa shape index (κ2) is 5.25. The van der Waals surface area contributed by atoms with E-state index in [1.807, 2.05) is 0 Å². The molecule has 0 aromatic rings. The Kier molecular flexibility index (Phi) is 4.11. The lowest BCUT2D eigenvalue weighted by Crippen LogP contribution is -2.55. The molecule has 3 unspecified atom stereocenters. The van der Waals surface area contributed by atoms with Crippen molar-refractivity contribution in [3.63, 3.8) is 0 Å². The number of ether oxygens (including phenoxy) is 1. The highest BCUT2D eigenvalue weighted by Gasteiger charge is 2.37. The number of hydrogen-bond donors (Lipinski definition) is 1. The summed E-state index contributed by atoms with van der Waals surface area (Å²) in [5.74, 6) is 0.646. The van der Waals surface area contributed by atoms with E-state index in [2.05, 4.69) is 37.9 Å². The fourth-order valence-corrected chi connectivity index (χ4v) is 3.16. The van der Waals surface area contributed by atoms with Crippen molar-refractivity contribution in [3.8, 4) is 0 Å². The number of nitrogens with zero attached hydrogens (tertiary/aromatic N) is 1. The molecule has 3 nitrogen and oxygen atoms in total. The van der Waals surface area contributed by atoms with E-state index in [1.165, 1.54) is 19.4 Å². The van der Waals surface area contributed by atoms with Crippen LogP contribution in [0.15, 0.2) is 0 Å². The number of likely N-dealkylation sites (tertiary alicyclic amines) is 1. The summed E-state index contributed by atoms with van der Waals surface area (Å²) in [6, 6.07) is 1.36. The van der Waals surface area contributed by atoms with E-state index in [9.17, 15) is 0 Å². The van der Waals surface area contributed by atoms with Crippen LogP contribution in [-0.2, 0) is 4.74 Å². The van der Waals surface area contributed by atoms with Crippen molar-refractivity contribution in [2.24, 2.45) is 5.92 Å². The van der Waals surface area contributed by atoms with Crippen molar-refractivity contribution in [2.45, 2.75) is 64.8 Å². The maximum absolute atomic E-state index is 6.03. The van der Waals surface area contributed by atoms with E-state index < -0.39 is 0 Å².